The third-order valence-electron chi connectivity index (χ3n) is 1.65. The third kappa shape index (κ3) is 7.85. The van der Waals surface area contributed by atoms with Crippen molar-refractivity contribution in [2.45, 2.75) is 12.5 Å². The molecule has 0 aromatic carbocycles. The number of carbonyl (C=O) groups is 3. The number of carboxylic acids is 1. The van der Waals surface area contributed by atoms with E-state index >= 15 is 0 Å². The Morgan fingerprint density at radius 2 is 2.00 bits per heavy atom. The molecule has 0 aliphatic rings. The first-order valence-corrected chi connectivity index (χ1v) is 4.77. The highest BCUT2D eigenvalue weighted by Crippen LogP contribution is 1.90. The fraction of sp³-hybridized carbons (Fsp3) is 0.625. The van der Waals surface area contributed by atoms with Crippen molar-refractivity contribution in [2.75, 3.05) is 19.8 Å². The molecule has 0 fully saturated rings. The standard InChI is InChI=1S/C8H15N3O6/c9-7(15)17-4-2-10-8(16)11-5(1-3-12)6(13)14/h5,12H,1-4H2,(H2,9,15)(H,13,14)(H2,10,11,16)/t5-/m1/s1. The summed E-state index contributed by atoms with van der Waals surface area (Å²) in [5.74, 6) is -1.25. The highest BCUT2D eigenvalue weighted by molar-refractivity contribution is 5.82. The molecule has 0 saturated heterocycles. The molecule has 0 unspecified atom stereocenters. The largest absolute Gasteiger partial charge is 0.480 e. The second-order valence-corrected chi connectivity index (χ2v) is 2.97. The number of urea groups is 1. The van der Waals surface area contributed by atoms with Gasteiger partial charge in [-0.2, -0.15) is 0 Å². The number of primary amides is 1. The van der Waals surface area contributed by atoms with Crippen LogP contribution in [0, 0.1) is 0 Å². The van der Waals surface area contributed by atoms with E-state index in [9.17, 15) is 14.4 Å². The van der Waals surface area contributed by atoms with E-state index in [4.69, 9.17) is 10.2 Å². The maximum atomic E-state index is 11.1. The normalized spacial score (nSPS) is 11.4. The highest BCUT2D eigenvalue weighted by atomic mass is 16.5. The number of carbonyl (C=O) groups excluding carboxylic acids is 2. The minimum Gasteiger partial charge on any atom is -0.480 e. The molecule has 0 radical (unpaired) electrons. The van der Waals surface area contributed by atoms with E-state index in [-0.39, 0.29) is 26.2 Å². The summed E-state index contributed by atoms with van der Waals surface area (Å²) in [4.78, 5) is 31.9. The molecule has 0 aliphatic carbocycles. The van der Waals surface area contributed by atoms with Crippen LogP contribution in [0.15, 0.2) is 0 Å². The van der Waals surface area contributed by atoms with Gasteiger partial charge in [-0.15, -0.1) is 0 Å². The Morgan fingerprint density at radius 3 is 2.47 bits per heavy atom. The lowest BCUT2D eigenvalue weighted by Gasteiger charge is -2.13. The Morgan fingerprint density at radius 1 is 1.35 bits per heavy atom. The molecule has 3 amide bonds. The molecule has 9 nitrogen and oxygen atoms in total. The van der Waals surface area contributed by atoms with Crippen molar-refractivity contribution in [2.24, 2.45) is 5.73 Å². The SMILES string of the molecule is NC(=O)OCCNC(=O)N[C@H](CCO)C(=O)O. The smallest absolute Gasteiger partial charge is 0.404 e. The van der Waals surface area contributed by atoms with Crippen LogP contribution in [-0.4, -0.2) is 54.1 Å². The first kappa shape index (κ1) is 15.0. The van der Waals surface area contributed by atoms with Crippen LogP contribution in [0.2, 0.25) is 0 Å². The molecular weight excluding hydrogens is 234 g/mol. The van der Waals surface area contributed by atoms with Crippen molar-refractivity contribution < 1.29 is 29.3 Å². The molecule has 1 atom stereocenters. The summed E-state index contributed by atoms with van der Waals surface area (Å²) >= 11 is 0. The van der Waals surface area contributed by atoms with Gasteiger partial charge in [-0.3, -0.25) is 0 Å². The monoisotopic (exact) mass is 249 g/mol. The molecule has 0 rings (SSSR count). The van der Waals surface area contributed by atoms with Crippen LogP contribution in [-0.2, 0) is 9.53 Å². The number of hydrogen-bond acceptors (Lipinski definition) is 5. The topological polar surface area (TPSA) is 151 Å². The van der Waals surface area contributed by atoms with E-state index in [0.29, 0.717) is 0 Å². The van der Waals surface area contributed by atoms with Gasteiger partial charge in [0, 0.05) is 13.0 Å². The first-order chi connectivity index (χ1) is 7.97. The summed E-state index contributed by atoms with van der Waals surface area (Å²) in [6.45, 7) is -0.469. The lowest BCUT2D eigenvalue weighted by molar-refractivity contribution is -0.139. The number of hydrogen-bond donors (Lipinski definition) is 5. The van der Waals surface area contributed by atoms with Crippen LogP contribution >= 0.6 is 0 Å². The molecule has 0 spiro atoms. The van der Waals surface area contributed by atoms with Crippen LogP contribution in [0.3, 0.4) is 0 Å². The van der Waals surface area contributed by atoms with E-state index < -0.39 is 24.1 Å². The number of carboxylic acid groups (broad SMARTS) is 1. The van der Waals surface area contributed by atoms with E-state index in [0.717, 1.165) is 0 Å². The molecular formula is C8H15N3O6. The van der Waals surface area contributed by atoms with E-state index in [1.807, 2.05) is 0 Å². The van der Waals surface area contributed by atoms with Crippen LogP contribution in [0.1, 0.15) is 6.42 Å². The summed E-state index contributed by atoms with van der Waals surface area (Å²) in [5.41, 5.74) is 4.67. The predicted octanol–water partition coefficient (Wildman–Crippen LogP) is -1.78. The fourth-order valence-electron chi connectivity index (χ4n) is 0.912. The lowest BCUT2D eigenvalue weighted by atomic mass is 10.2. The number of aliphatic carboxylic acids is 1. The number of nitrogens with one attached hydrogen (secondary N) is 2. The molecule has 9 heteroatoms. The Labute approximate surface area is 96.9 Å². The number of rotatable bonds is 7. The van der Waals surface area contributed by atoms with Gasteiger partial charge < -0.3 is 31.3 Å². The molecule has 0 saturated carbocycles. The second-order valence-electron chi connectivity index (χ2n) is 2.97. The predicted molar refractivity (Wildman–Crippen MR) is 55.2 cm³/mol. The minimum absolute atomic E-state index is 0.000235. The number of aliphatic hydroxyl groups is 1. The van der Waals surface area contributed by atoms with E-state index in [1.54, 1.807) is 0 Å². The summed E-state index contributed by atoms with van der Waals surface area (Å²) in [7, 11) is 0. The van der Waals surface area contributed by atoms with Crippen LogP contribution in [0.5, 0.6) is 0 Å². The zero-order chi connectivity index (χ0) is 13.3. The van der Waals surface area contributed by atoms with Gasteiger partial charge in [-0.1, -0.05) is 0 Å². The van der Waals surface area contributed by atoms with Gasteiger partial charge in [0.15, 0.2) is 0 Å². The van der Waals surface area contributed by atoms with Crippen molar-refractivity contribution in [3.05, 3.63) is 0 Å². The van der Waals surface area contributed by atoms with Gasteiger partial charge in [-0.25, -0.2) is 14.4 Å². The van der Waals surface area contributed by atoms with E-state index in [1.165, 1.54) is 0 Å². The van der Waals surface area contributed by atoms with Crippen LogP contribution in [0.4, 0.5) is 9.59 Å². The maximum absolute atomic E-state index is 11.1. The quantitative estimate of drug-likeness (QED) is 0.336. The van der Waals surface area contributed by atoms with Crippen molar-refractivity contribution in [1.82, 2.24) is 10.6 Å². The van der Waals surface area contributed by atoms with Crippen molar-refractivity contribution in [3.63, 3.8) is 0 Å². The number of ether oxygens (including phenoxy) is 1. The summed E-state index contributed by atoms with van der Waals surface area (Å²) in [5, 5.41) is 21.6. The number of nitrogens with two attached hydrogens (primary N) is 1. The molecule has 6 N–H and O–H groups in total. The van der Waals surface area contributed by atoms with Gasteiger partial charge in [0.1, 0.15) is 12.6 Å². The average Bonchev–Trinajstić information content (AvgIpc) is 2.23. The zero-order valence-corrected chi connectivity index (χ0v) is 9.01. The van der Waals surface area contributed by atoms with Gasteiger partial charge in [0.05, 0.1) is 6.54 Å². The molecule has 0 aromatic rings. The van der Waals surface area contributed by atoms with Gasteiger partial charge in [0.2, 0.25) is 0 Å². The highest BCUT2D eigenvalue weighted by Gasteiger charge is 2.18. The molecule has 0 aliphatic heterocycles. The molecule has 0 bridgehead atoms. The minimum atomic E-state index is -1.25. The third-order valence-corrected chi connectivity index (χ3v) is 1.65. The van der Waals surface area contributed by atoms with Crippen molar-refractivity contribution in [3.8, 4) is 0 Å². The molecule has 0 aromatic heterocycles. The molecule has 0 heterocycles. The van der Waals surface area contributed by atoms with Gasteiger partial charge in [-0.05, 0) is 0 Å². The Bertz CT molecular complexity index is 282. The zero-order valence-electron chi connectivity index (χ0n) is 9.01. The molecule has 98 valence electrons. The lowest BCUT2D eigenvalue weighted by Crippen LogP contribution is -2.47. The number of amides is 3. The summed E-state index contributed by atoms with van der Waals surface area (Å²) in [6, 6.07) is -1.91. The molecule has 17 heavy (non-hydrogen) atoms. The van der Waals surface area contributed by atoms with Crippen LogP contribution < -0.4 is 16.4 Å². The average molecular weight is 249 g/mol. The van der Waals surface area contributed by atoms with Crippen LogP contribution in [0.25, 0.3) is 0 Å². The summed E-state index contributed by atoms with van der Waals surface area (Å²) < 4.78 is 4.33. The van der Waals surface area contributed by atoms with Gasteiger partial charge in [0.25, 0.3) is 0 Å². The Hall–Kier alpha value is -2.03. The Balaban J connectivity index is 3.82. The van der Waals surface area contributed by atoms with Crippen molar-refractivity contribution >= 4 is 18.1 Å². The first-order valence-electron chi connectivity index (χ1n) is 4.77. The van der Waals surface area contributed by atoms with Gasteiger partial charge >= 0.3 is 18.1 Å². The van der Waals surface area contributed by atoms with Crippen molar-refractivity contribution in [1.29, 1.82) is 0 Å². The second kappa shape index (κ2) is 8.16. The Kier molecular flexibility index (Phi) is 7.19. The van der Waals surface area contributed by atoms with E-state index in [2.05, 4.69) is 21.1 Å². The summed E-state index contributed by atoms with van der Waals surface area (Å²) in [6.07, 6.45) is -1.06. The maximum Gasteiger partial charge on any atom is 0.404 e. The number of aliphatic hydroxyl groups excluding tert-OH is 1. The fourth-order valence-corrected chi connectivity index (χ4v) is 0.912.